The molecule has 0 unspecified atom stereocenters. The lowest BCUT2D eigenvalue weighted by molar-refractivity contribution is -0.135. The van der Waals surface area contributed by atoms with Crippen molar-refractivity contribution < 1.29 is 29.0 Å². The van der Waals surface area contributed by atoms with Crippen LogP contribution in [0.4, 0.5) is 11.4 Å². The van der Waals surface area contributed by atoms with Crippen LogP contribution in [-0.2, 0) is 29.3 Å². The maximum atomic E-state index is 15.3. The largest absolute Gasteiger partial charge is 0.507 e. The van der Waals surface area contributed by atoms with E-state index in [0.29, 0.717) is 47.6 Å². The van der Waals surface area contributed by atoms with Gasteiger partial charge in [-0.15, -0.1) is 0 Å². The number of morpholine rings is 1. The van der Waals surface area contributed by atoms with Crippen molar-refractivity contribution in [3.8, 4) is 5.75 Å². The molecule has 0 bridgehead atoms. The molecule has 3 aliphatic carbocycles. The number of fused-ring (bicyclic) bond motifs is 4. The summed E-state index contributed by atoms with van der Waals surface area (Å²) in [5.74, 6) is -3.82. The van der Waals surface area contributed by atoms with Crippen molar-refractivity contribution in [3.63, 3.8) is 0 Å². The Balaban J connectivity index is 1.20. The van der Waals surface area contributed by atoms with Gasteiger partial charge < -0.3 is 14.7 Å². The highest BCUT2D eigenvalue weighted by molar-refractivity contribution is 6.32. The number of carbonyl (C=O) groups excluding carboxylic acids is 4. The topological polar surface area (TPSA) is 104 Å². The van der Waals surface area contributed by atoms with Crippen molar-refractivity contribution in [1.29, 1.82) is 0 Å². The fourth-order valence-electron chi connectivity index (χ4n) is 10.3. The van der Waals surface area contributed by atoms with E-state index >= 15 is 9.59 Å². The summed E-state index contributed by atoms with van der Waals surface area (Å²) in [7, 11) is 0. The molecule has 0 radical (unpaired) electrons. The van der Waals surface area contributed by atoms with Crippen LogP contribution in [0.2, 0.25) is 0 Å². The van der Waals surface area contributed by atoms with Gasteiger partial charge in [0.1, 0.15) is 5.75 Å². The number of benzene rings is 4. The molecule has 2 heterocycles. The zero-order valence-electron chi connectivity index (χ0n) is 30.4. The normalized spacial score (nSPS) is 27.9. The first-order chi connectivity index (χ1) is 26.2. The Morgan fingerprint density at radius 3 is 2.06 bits per heavy atom. The third-order valence-corrected chi connectivity index (χ3v) is 12.7. The number of ether oxygens (including phenoxy) is 1. The zero-order valence-corrected chi connectivity index (χ0v) is 30.4. The summed E-state index contributed by atoms with van der Waals surface area (Å²) < 4.78 is 5.51. The number of hydrogen-bond donors (Lipinski definition) is 1. The second-order valence-electron chi connectivity index (χ2n) is 15.4. The minimum absolute atomic E-state index is 0.143. The lowest BCUT2D eigenvalue weighted by Crippen LogP contribution is -2.58. The number of Topliss-reactive ketones (excluding diaryl/α,β-unsaturated/α-hetero) is 1. The van der Waals surface area contributed by atoms with Gasteiger partial charge in [0.05, 0.1) is 36.2 Å². The van der Waals surface area contributed by atoms with Crippen LogP contribution in [0.25, 0.3) is 5.57 Å². The molecule has 2 amide bonds. The Bertz CT molecular complexity index is 2230. The van der Waals surface area contributed by atoms with Crippen LogP contribution < -0.4 is 9.80 Å². The number of phenols is 1. The number of ketones is 2. The van der Waals surface area contributed by atoms with Crippen LogP contribution in [0.15, 0.2) is 115 Å². The molecule has 3 fully saturated rings. The van der Waals surface area contributed by atoms with Crippen LogP contribution >= 0.6 is 0 Å². The molecule has 54 heavy (non-hydrogen) atoms. The highest BCUT2D eigenvalue weighted by atomic mass is 16.5. The average Bonchev–Trinajstić information content (AvgIpc) is 3.47. The Hall–Kier alpha value is -5.60. The molecule has 1 N–H and O–H groups in total. The van der Waals surface area contributed by atoms with Gasteiger partial charge in [-0.05, 0) is 90.8 Å². The summed E-state index contributed by atoms with van der Waals surface area (Å²) >= 11 is 0. The number of anilines is 2. The zero-order chi connectivity index (χ0) is 37.3. The SMILES string of the molecule is Cc1cc([C@H]2C3=CC[C@@H]4C(=O)N(c5ccc(N6CCOCC6)cc5)C(=O)[C@@H]4[C@@H]3C[C@H]3C(=O)C(c4ccccc4)=CC(=O)[C@@]23c2ccccc2)cc(C)c1O. The molecule has 6 atom stereocenters. The van der Waals surface area contributed by atoms with Gasteiger partial charge in [-0.25, -0.2) is 0 Å². The van der Waals surface area contributed by atoms with E-state index < -0.39 is 35.0 Å². The van der Waals surface area contributed by atoms with Gasteiger partial charge in [0.25, 0.3) is 0 Å². The standard InChI is InChI=1S/C46H42N2O6/c1-27-23-30(24-28(2)42(27)50)41-34-17-18-35-40(45(53)48(44(35)52)33-15-13-32(14-16-33)47-19-21-54-22-20-47)37(34)25-38-43(51)36(29-9-5-3-6-10-29)26-39(49)46(38,41)31-11-7-4-8-12-31/h3-17,23-24,26,35,37-38,40-41,50H,18-22,25H2,1-2H3/t35-,37+,38-,40-,41-,46-/m0/s1. The van der Waals surface area contributed by atoms with Gasteiger partial charge in [-0.1, -0.05) is 84.4 Å². The number of aromatic hydroxyl groups is 1. The van der Waals surface area contributed by atoms with Crippen molar-refractivity contribution in [3.05, 3.63) is 143 Å². The van der Waals surface area contributed by atoms with Gasteiger partial charge in [0.15, 0.2) is 11.6 Å². The predicted octanol–water partition coefficient (Wildman–Crippen LogP) is 6.87. The van der Waals surface area contributed by atoms with Gasteiger partial charge in [-0.2, -0.15) is 0 Å². The van der Waals surface area contributed by atoms with Crippen molar-refractivity contribution in [2.75, 3.05) is 36.1 Å². The molecule has 4 aromatic rings. The van der Waals surface area contributed by atoms with E-state index in [4.69, 9.17) is 4.74 Å². The predicted molar refractivity (Wildman–Crippen MR) is 206 cm³/mol. The van der Waals surface area contributed by atoms with Crippen LogP contribution in [-0.4, -0.2) is 54.8 Å². The minimum atomic E-state index is -1.32. The first-order valence-electron chi connectivity index (χ1n) is 18.9. The number of nitrogens with zero attached hydrogens (tertiary/aromatic N) is 2. The van der Waals surface area contributed by atoms with E-state index in [-0.39, 0.29) is 35.6 Å². The summed E-state index contributed by atoms with van der Waals surface area (Å²) in [6, 6.07) is 30.3. The number of imide groups is 1. The number of carbonyl (C=O) groups is 4. The molecule has 0 spiro atoms. The molecule has 5 aliphatic rings. The third-order valence-electron chi connectivity index (χ3n) is 12.7. The van der Waals surface area contributed by atoms with E-state index in [0.717, 1.165) is 35.5 Å². The number of amides is 2. The maximum Gasteiger partial charge on any atom is 0.238 e. The van der Waals surface area contributed by atoms with E-state index in [1.807, 2.05) is 111 Å². The van der Waals surface area contributed by atoms with Crippen molar-refractivity contribution in [2.45, 2.75) is 38.0 Å². The second kappa shape index (κ2) is 13.1. The Morgan fingerprint density at radius 2 is 1.39 bits per heavy atom. The van der Waals surface area contributed by atoms with E-state index in [1.165, 1.54) is 11.0 Å². The van der Waals surface area contributed by atoms with E-state index in [1.54, 1.807) is 0 Å². The average molecular weight is 719 g/mol. The first kappa shape index (κ1) is 34.2. The van der Waals surface area contributed by atoms with E-state index in [2.05, 4.69) is 11.0 Å². The summed E-state index contributed by atoms with van der Waals surface area (Å²) in [6.07, 6.45) is 4.21. The van der Waals surface area contributed by atoms with Crippen molar-refractivity contribution in [2.24, 2.45) is 23.7 Å². The molecule has 2 aliphatic heterocycles. The summed E-state index contributed by atoms with van der Waals surface area (Å²) in [6.45, 7) is 6.53. The molecular formula is C46H42N2O6. The first-order valence-corrected chi connectivity index (χ1v) is 18.9. The fraction of sp³-hybridized carbons (Fsp3) is 0.304. The van der Waals surface area contributed by atoms with Gasteiger partial charge in [-0.3, -0.25) is 24.1 Å². The molecular weight excluding hydrogens is 677 g/mol. The molecule has 272 valence electrons. The number of rotatable bonds is 5. The van der Waals surface area contributed by atoms with Crippen LogP contribution in [0.1, 0.15) is 46.6 Å². The second-order valence-corrected chi connectivity index (χ2v) is 15.4. The number of aryl methyl sites for hydroxylation is 2. The Morgan fingerprint density at radius 1 is 0.759 bits per heavy atom. The van der Waals surface area contributed by atoms with Crippen LogP contribution in [0.3, 0.4) is 0 Å². The van der Waals surface area contributed by atoms with Crippen LogP contribution in [0, 0.1) is 37.5 Å². The highest BCUT2D eigenvalue weighted by Gasteiger charge is 2.66. The van der Waals surface area contributed by atoms with Gasteiger partial charge in [0, 0.05) is 36.2 Å². The Kier molecular flexibility index (Phi) is 8.27. The summed E-state index contributed by atoms with van der Waals surface area (Å²) in [4.78, 5) is 63.1. The number of phenolic OH excluding ortho intramolecular Hbond substituents is 1. The third kappa shape index (κ3) is 5.07. The minimum Gasteiger partial charge on any atom is -0.507 e. The maximum absolute atomic E-state index is 15.3. The highest BCUT2D eigenvalue weighted by Crippen LogP contribution is 2.64. The lowest BCUT2D eigenvalue weighted by Gasteiger charge is -2.55. The number of hydrogen-bond acceptors (Lipinski definition) is 7. The molecule has 0 aromatic heterocycles. The number of allylic oxidation sites excluding steroid dienone is 4. The summed E-state index contributed by atoms with van der Waals surface area (Å²) in [5.41, 5.74) is 5.04. The molecule has 2 saturated heterocycles. The van der Waals surface area contributed by atoms with Gasteiger partial charge in [0.2, 0.25) is 11.8 Å². The molecule has 8 heteroatoms. The van der Waals surface area contributed by atoms with E-state index in [9.17, 15) is 14.7 Å². The molecule has 4 aromatic carbocycles. The summed E-state index contributed by atoms with van der Waals surface area (Å²) in [5, 5.41) is 10.9. The lowest BCUT2D eigenvalue weighted by atomic mass is 9.44. The fourth-order valence-corrected chi connectivity index (χ4v) is 10.3. The Labute approximate surface area is 314 Å². The molecule has 1 saturated carbocycles. The van der Waals surface area contributed by atoms with Gasteiger partial charge >= 0.3 is 0 Å². The quantitative estimate of drug-likeness (QED) is 0.177. The smallest absolute Gasteiger partial charge is 0.238 e. The van der Waals surface area contributed by atoms with Crippen LogP contribution in [0.5, 0.6) is 5.75 Å². The monoisotopic (exact) mass is 718 g/mol. The van der Waals surface area contributed by atoms with Crippen molar-refractivity contribution in [1.82, 2.24) is 0 Å². The molecule has 8 nitrogen and oxygen atoms in total. The molecule has 9 rings (SSSR count). The van der Waals surface area contributed by atoms with Crippen molar-refractivity contribution >= 4 is 40.3 Å².